The first-order valence-corrected chi connectivity index (χ1v) is 8.45. The molecule has 1 saturated heterocycles. The molecule has 0 bridgehead atoms. The van der Waals surface area contributed by atoms with Gasteiger partial charge in [0.15, 0.2) is 5.88 Å². The van der Waals surface area contributed by atoms with E-state index in [0.29, 0.717) is 10.7 Å². The molecular formula is C16H22N2O3S. The van der Waals surface area contributed by atoms with E-state index >= 15 is 0 Å². The van der Waals surface area contributed by atoms with E-state index in [1.54, 1.807) is 6.08 Å². The topological polar surface area (TPSA) is 53.8 Å². The van der Waals surface area contributed by atoms with E-state index in [1.807, 2.05) is 26.0 Å². The van der Waals surface area contributed by atoms with Gasteiger partial charge in [-0.15, -0.1) is 0 Å². The highest BCUT2D eigenvalue weighted by Crippen LogP contribution is 2.34. The summed E-state index contributed by atoms with van der Waals surface area (Å²) in [4.78, 5) is 28.1. The van der Waals surface area contributed by atoms with Gasteiger partial charge in [0, 0.05) is 31.3 Å². The Morgan fingerprint density at radius 1 is 1.27 bits per heavy atom. The van der Waals surface area contributed by atoms with Crippen LogP contribution in [0.1, 0.15) is 39.9 Å². The van der Waals surface area contributed by atoms with Crippen LogP contribution in [0.2, 0.25) is 0 Å². The van der Waals surface area contributed by atoms with Crippen LogP contribution in [0.3, 0.4) is 0 Å². The van der Waals surface area contributed by atoms with E-state index in [-0.39, 0.29) is 17.2 Å². The molecule has 0 spiro atoms. The van der Waals surface area contributed by atoms with E-state index in [4.69, 9.17) is 4.42 Å². The van der Waals surface area contributed by atoms with Gasteiger partial charge in [0.1, 0.15) is 5.76 Å². The fourth-order valence-electron chi connectivity index (χ4n) is 2.30. The molecule has 5 nitrogen and oxygen atoms in total. The number of carbonyl (C=O) groups excluding carboxylic acids is 2. The zero-order valence-electron chi connectivity index (χ0n) is 13.5. The molecule has 0 unspecified atom stereocenters. The Morgan fingerprint density at radius 3 is 2.55 bits per heavy atom. The van der Waals surface area contributed by atoms with Gasteiger partial charge >= 0.3 is 0 Å². The molecule has 0 N–H and O–H groups in total. The van der Waals surface area contributed by atoms with Crippen LogP contribution in [0.4, 0.5) is 10.7 Å². The Balaban J connectivity index is 2.20. The zero-order chi connectivity index (χ0) is 16.3. The molecule has 0 aromatic carbocycles. The molecular weight excluding hydrogens is 300 g/mol. The lowest BCUT2D eigenvalue weighted by atomic mass is 10.2. The third-order valence-corrected chi connectivity index (χ3v) is 4.70. The lowest BCUT2D eigenvalue weighted by molar-refractivity contribution is -0.124. The predicted molar refractivity (Wildman–Crippen MR) is 89.8 cm³/mol. The first-order chi connectivity index (χ1) is 10.5. The third-order valence-electron chi connectivity index (χ3n) is 3.82. The summed E-state index contributed by atoms with van der Waals surface area (Å²) in [6, 6.07) is 3.63. The maximum Gasteiger partial charge on any atom is 0.293 e. The molecule has 22 heavy (non-hydrogen) atoms. The summed E-state index contributed by atoms with van der Waals surface area (Å²) in [6.45, 7) is 9.67. The number of anilines is 1. The van der Waals surface area contributed by atoms with E-state index in [2.05, 4.69) is 18.7 Å². The average molecular weight is 322 g/mol. The fourth-order valence-corrected chi connectivity index (χ4v) is 3.21. The van der Waals surface area contributed by atoms with E-state index < -0.39 is 0 Å². The first-order valence-electron chi connectivity index (χ1n) is 7.63. The van der Waals surface area contributed by atoms with E-state index in [9.17, 15) is 9.59 Å². The van der Waals surface area contributed by atoms with Gasteiger partial charge < -0.3 is 9.32 Å². The van der Waals surface area contributed by atoms with Gasteiger partial charge in [-0.25, -0.2) is 0 Å². The van der Waals surface area contributed by atoms with Crippen LogP contribution in [-0.4, -0.2) is 35.2 Å². The highest BCUT2D eigenvalue weighted by molar-refractivity contribution is 8.18. The van der Waals surface area contributed by atoms with Crippen LogP contribution < -0.4 is 4.90 Å². The fraction of sp³-hybridized carbons (Fsp3) is 0.500. The highest BCUT2D eigenvalue weighted by Gasteiger charge is 2.37. The van der Waals surface area contributed by atoms with Gasteiger partial charge in [-0.2, -0.15) is 0 Å². The summed E-state index contributed by atoms with van der Waals surface area (Å²) in [6.07, 6.45) is 2.40. The third kappa shape index (κ3) is 3.21. The SMILES string of the molecule is CC[C@H](C)N1C(=O)S/C(=C/c2ccc(N(CC)CC)o2)C1=O. The molecule has 120 valence electrons. The average Bonchev–Trinajstić information content (AvgIpc) is 3.06. The summed E-state index contributed by atoms with van der Waals surface area (Å²) in [5.41, 5.74) is 0. The van der Waals surface area contributed by atoms with Crippen LogP contribution >= 0.6 is 11.8 Å². The van der Waals surface area contributed by atoms with E-state index in [1.165, 1.54) is 4.90 Å². The number of nitrogens with zero attached hydrogens (tertiary/aromatic N) is 2. The number of amides is 2. The highest BCUT2D eigenvalue weighted by atomic mass is 32.2. The van der Waals surface area contributed by atoms with Crippen molar-refractivity contribution in [2.24, 2.45) is 0 Å². The zero-order valence-corrected chi connectivity index (χ0v) is 14.3. The Hall–Kier alpha value is -1.69. The standard InChI is InChI=1S/C16H22N2O3S/c1-5-11(4)18-15(19)13(22-16(18)20)10-12-8-9-14(21-12)17(6-2)7-3/h8-11H,5-7H2,1-4H3/b13-10+/t11-/m0/s1. The lowest BCUT2D eigenvalue weighted by Gasteiger charge is -2.19. The van der Waals surface area contributed by atoms with Crippen LogP contribution in [0.15, 0.2) is 21.5 Å². The number of imide groups is 1. The first kappa shape index (κ1) is 16.7. The van der Waals surface area contributed by atoms with Crippen LogP contribution in [0, 0.1) is 0 Å². The minimum absolute atomic E-state index is 0.0822. The molecule has 1 atom stereocenters. The summed E-state index contributed by atoms with van der Waals surface area (Å²) < 4.78 is 5.75. The molecule has 2 heterocycles. The van der Waals surface area contributed by atoms with Crippen molar-refractivity contribution in [1.82, 2.24) is 4.90 Å². The monoisotopic (exact) mass is 322 g/mol. The second-order valence-electron chi connectivity index (χ2n) is 5.16. The quantitative estimate of drug-likeness (QED) is 0.742. The maximum atomic E-state index is 12.3. The Labute approximate surface area is 135 Å². The van der Waals surface area contributed by atoms with Crippen molar-refractivity contribution in [3.8, 4) is 0 Å². The van der Waals surface area contributed by atoms with Crippen molar-refractivity contribution in [2.45, 2.75) is 40.2 Å². The molecule has 6 heteroatoms. The van der Waals surface area contributed by atoms with Crippen molar-refractivity contribution in [1.29, 1.82) is 0 Å². The van der Waals surface area contributed by atoms with Crippen molar-refractivity contribution in [3.63, 3.8) is 0 Å². The Morgan fingerprint density at radius 2 is 1.95 bits per heavy atom. The van der Waals surface area contributed by atoms with Gasteiger partial charge in [0.25, 0.3) is 11.1 Å². The normalized spacial score (nSPS) is 18.4. The number of hydrogen-bond donors (Lipinski definition) is 0. The van der Waals surface area contributed by atoms with E-state index in [0.717, 1.165) is 37.2 Å². The van der Waals surface area contributed by atoms with Crippen LogP contribution in [0.25, 0.3) is 6.08 Å². The number of furan rings is 1. The molecule has 0 aliphatic carbocycles. The molecule has 0 radical (unpaired) electrons. The smallest absolute Gasteiger partial charge is 0.293 e. The van der Waals surface area contributed by atoms with Gasteiger partial charge in [0.05, 0.1) is 4.91 Å². The van der Waals surface area contributed by atoms with Crippen LogP contribution in [0.5, 0.6) is 0 Å². The van der Waals surface area contributed by atoms with Crippen molar-refractivity contribution >= 4 is 34.9 Å². The minimum Gasteiger partial charge on any atom is -0.441 e. The number of rotatable bonds is 6. The molecule has 1 fully saturated rings. The maximum absolute atomic E-state index is 12.3. The molecule has 2 rings (SSSR count). The van der Waals surface area contributed by atoms with Crippen LogP contribution in [-0.2, 0) is 4.79 Å². The second-order valence-corrected chi connectivity index (χ2v) is 6.15. The van der Waals surface area contributed by atoms with Crippen molar-refractivity contribution in [3.05, 3.63) is 22.8 Å². The molecule has 1 aromatic heterocycles. The van der Waals surface area contributed by atoms with Gasteiger partial charge in [-0.1, -0.05) is 6.92 Å². The minimum atomic E-state index is -0.231. The van der Waals surface area contributed by atoms with Gasteiger partial charge in [0.2, 0.25) is 0 Å². The summed E-state index contributed by atoms with van der Waals surface area (Å²) in [5.74, 6) is 1.14. The number of carbonyl (C=O) groups is 2. The lowest BCUT2D eigenvalue weighted by Crippen LogP contribution is -2.36. The Bertz CT molecular complexity index is 590. The van der Waals surface area contributed by atoms with Crippen molar-refractivity contribution < 1.29 is 14.0 Å². The summed E-state index contributed by atoms with van der Waals surface area (Å²) in [5, 5.41) is -0.207. The van der Waals surface area contributed by atoms with Crippen molar-refractivity contribution in [2.75, 3.05) is 18.0 Å². The summed E-state index contributed by atoms with van der Waals surface area (Å²) in [7, 11) is 0. The predicted octanol–water partition coefficient (Wildman–Crippen LogP) is 3.96. The Kier molecular flexibility index (Phi) is 5.34. The molecule has 1 aromatic rings. The summed E-state index contributed by atoms with van der Waals surface area (Å²) >= 11 is 0.974. The number of hydrogen-bond acceptors (Lipinski definition) is 5. The van der Waals surface area contributed by atoms with Gasteiger partial charge in [-0.3, -0.25) is 14.5 Å². The molecule has 2 amide bonds. The molecule has 0 saturated carbocycles. The second kappa shape index (κ2) is 7.05. The molecule has 1 aliphatic heterocycles. The molecule has 1 aliphatic rings. The number of thioether (sulfide) groups is 1. The largest absolute Gasteiger partial charge is 0.441 e. The van der Waals surface area contributed by atoms with Gasteiger partial charge in [-0.05, 0) is 45.0 Å².